The Morgan fingerprint density at radius 3 is 0.765 bits per heavy atom. The first-order chi connectivity index (χ1) is 7.00. The molecule has 0 aromatic carbocycles. The number of halogens is 11. The summed E-state index contributed by atoms with van der Waals surface area (Å²) in [5, 5.41) is 8.92. The lowest BCUT2D eigenvalue weighted by Gasteiger charge is -2.44. The van der Waals surface area contributed by atoms with Crippen LogP contribution in [0, 0.1) is 0 Å². The summed E-state index contributed by atoms with van der Waals surface area (Å²) in [6.45, 7) is 0. The summed E-state index contributed by atoms with van der Waals surface area (Å²) in [5.41, 5.74) is 0. The Bertz CT molecular complexity index is 255. The van der Waals surface area contributed by atoms with Crippen molar-refractivity contribution in [3.05, 3.63) is 0 Å². The molecule has 1 radical (unpaired) electrons. The van der Waals surface area contributed by atoms with Crippen LogP contribution in [0.1, 0.15) is 0 Å². The molecule has 0 saturated heterocycles. The van der Waals surface area contributed by atoms with E-state index in [0.29, 0.717) is 0 Å². The van der Waals surface area contributed by atoms with Gasteiger partial charge < -0.3 is 0 Å². The fourth-order valence-electron chi connectivity index (χ4n) is 0.562. The minimum Gasteiger partial charge on any atom is -0.205 e. The molecule has 0 aromatic rings. The molecule has 0 spiro atoms. The van der Waals surface area contributed by atoms with Crippen molar-refractivity contribution in [2.75, 3.05) is 0 Å². The average Bonchev–Trinajstić information content (AvgIpc) is 1.98. The standard InChI is InChI=1S/C5Cl11O/c6-1(7,4(11,12)13)3(10,17)2(8,9)5(14,15)16. The molecule has 0 rings (SSSR count). The van der Waals surface area contributed by atoms with Crippen molar-refractivity contribution in [3.8, 4) is 0 Å². The molecule has 0 atom stereocenters. The smallest absolute Gasteiger partial charge is 0.205 e. The monoisotopic (exact) mass is 461 g/mol. The lowest BCUT2D eigenvalue weighted by atomic mass is 10.1. The van der Waals surface area contributed by atoms with Gasteiger partial charge in [0.25, 0.3) is 0 Å². The van der Waals surface area contributed by atoms with Crippen LogP contribution in [-0.2, 0) is 5.11 Å². The Morgan fingerprint density at radius 2 is 0.647 bits per heavy atom. The van der Waals surface area contributed by atoms with Gasteiger partial charge in [-0.3, -0.25) is 0 Å². The van der Waals surface area contributed by atoms with Crippen LogP contribution < -0.4 is 0 Å². The zero-order valence-corrected chi connectivity index (χ0v) is 15.4. The maximum absolute atomic E-state index is 12.2. The van der Waals surface area contributed by atoms with Gasteiger partial charge in [0, 0.05) is 0 Å². The van der Waals surface area contributed by atoms with E-state index in [2.05, 4.69) is 0 Å². The third-order valence-electron chi connectivity index (χ3n) is 1.52. The summed E-state index contributed by atoms with van der Waals surface area (Å²) in [4.78, 5) is 0. The highest BCUT2D eigenvalue weighted by Gasteiger charge is 2.74. The van der Waals surface area contributed by atoms with Crippen LogP contribution in [0.25, 0.3) is 0 Å². The van der Waals surface area contributed by atoms with E-state index in [0.717, 1.165) is 0 Å². The Labute approximate surface area is 152 Å². The Morgan fingerprint density at radius 1 is 0.471 bits per heavy atom. The second-order valence-corrected chi connectivity index (χ2v) is 10.5. The predicted octanol–water partition coefficient (Wildman–Crippen LogP) is 6.44. The first-order valence-corrected chi connectivity index (χ1v) is 7.44. The van der Waals surface area contributed by atoms with E-state index in [4.69, 9.17) is 128 Å². The lowest BCUT2D eigenvalue weighted by Crippen LogP contribution is -2.63. The fraction of sp³-hybridized carbons (Fsp3) is 1.00. The van der Waals surface area contributed by atoms with Gasteiger partial charge in [-0.1, -0.05) is 128 Å². The van der Waals surface area contributed by atoms with Gasteiger partial charge in [-0.25, -0.2) is 5.11 Å². The lowest BCUT2D eigenvalue weighted by molar-refractivity contribution is 0.0193. The van der Waals surface area contributed by atoms with Gasteiger partial charge in [0.1, 0.15) is 0 Å². The van der Waals surface area contributed by atoms with E-state index < -0.39 is 21.3 Å². The van der Waals surface area contributed by atoms with Gasteiger partial charge in [0.15, 0.2) is 0 Å². The van der Waals surface area contributed by atoms with Gasteiger partial charge in [0.05, 0.1) is 0 Å². The summed E-state index contributed by atoms with van der Waals surface area (Å²) < 4.78 is -10.7. The first kappa shape index (κ1) is 20.1. The van der Waals surface area contributed by atoms with Crippen molar-refractivity contribution in [1.29, 1.82) is 0 Å². The predicted molar refractivity (Wildman–Crippen MR) is 78.7 cm³/mol. The highest BCUT2D eigenvalue weighted by Crippen LogP contribution is 2.64. The minimum atomic E-state index is -3.25. The molecule has 0 fully saturated rings. The van der Waals surface area contributed by atoms with E-state index in [9.17, 15) is 5.11 Å². The van der Waals surface area contributed by atoms with Gasteiger partial charge in [-0.2, -0.15) is 0 Å². The minimum absolute atomic E-state index is 2.54. The third-order valence-corrected chi connectivity index (χ3v) is 7.53. The van der Waals surface area contributed by atoms with Crippen LogP contribution in [0.3, 0.4) is 0 Å². The number of rotatable bonds is 2. The van der Waals surface area contributed by atoms with Crippen LogP contribution in [0.15, 0.2) is 0 Å². The van der Waals surface area contributed by atoms with Crippen molar-refractivity contribution >= 4 is 128 Å². The summed E-state index contributed by atoms with van der Waals surface area (Å²) in [5.74, 6) is 0. The summed E-state index contributed by atoms with van der Waals surface area (Å²) in [7, 11) is 0. The highest BCUT2D eigenvalue weighted by atomic mass is 35.6. The van der Waals surface area contributed by atoms with E-state index in [1.54, 1.807) is 0 Å². The summed E-state index contributed by atoms with van der Waals surface area (Å²) in [6.07, 6.45) is 0. The SMILES string of the molecule is [O]C(Cl)(C(Cl)(Cl)C(Cl)(Cl)Cl)C(Cl)(Cl)C(Cl)(Cl)Cl. The van der Waals surface area contributed by atoms with Crippen LogP contribution in [0.4, 0.5) is 0 Å². The second kappa shape index (κ2) is 5.74. The molecule has 0 heterocycles. The van der Waals surface area contributed by atoms with Crippen molar-refractivity contribution < 1.29 is 5.11 Å². The first-order valence-electron chi connectivity index (χ1n) is 3.28. The number of hydrogen-bond donors (Lipinski definition) is 0. The normalized spacial score (nSPS) is 16.2. The molecule has 0 aliphatic carbocycles. The third kappa shape index (κ3) is 3.67. The molecule has 17 heavy (non-hydrogen) atoms. The zero-order valence-electron chi connectivity index (χ0n) is 7.07. The molecule has 0 aliphatic rings. The maximum atomic E-state index is 12.2. The molecule has 0 saturated carbocycles. The number of alkyl halides is 11. The average molecular weight is 466 g/mol. The summed E-state index contributed by atoms with van der Waals surface area (Å²) in [6, 6.07) is 0. The Hall–Kier alpha value is 3.15. The van der Waals surface area contributed by atoms with E-state index in [-0.39, 0.29) is 0 Å². The molecule has 0 aromatic heterocycles. The van der Waals surface area contributed by atoms with E-state index >= 15 is 0 Å². The topological polar surface area (TPSA) is 19.9 Å². The van der Waals surface area contributed by atoms with Crippen LogP contribution >= 0.6 is 128 Å². The zero-order chi connectivity index (χ0) is 14.5. The largest absolute Gasteiger partial charge is 0.250 e. The molecule has 103 valence electrons. The molecule has 1 nitrogen and oxygen atoms in total. The van der Waals surface area contributed by atoms with Gasteiger partial charge in [0.2, 0.25) is 21.3 Å². The van der Waals surface area contributed by atoms with Gasteiger partial charge in [-0.05, 0) is 0 Å². The van der Waals surface area contributed by atoms with E-state index in [1.807, 2.05) is 0 Å². The molecule has 0 unspecified atom stereocenters. The summed E-state index contributed by atoms with van der Waals surface area (Å²) >= 11 is 60.2. The van der Waals surface area contributed by atoms with Crippen molar-refractivity contribution in [3.63, 3.8) is 0 Å². The van der Waals surface area contributed by atoms with Crippen molar-refractivity contribution in [1.82, 2.24) is 0 Å². The van der Waals surface area contributed by atoms with Gasteiger partial charge in [-0.15, -0.1) is 0 Å². The van der Waals surface area contributed by atoms with Crippen molar-refractivity contribution in [2.45, 2.75) is 21.3 Å². The van der Waals surface area contributed by atoms with Crippen molar-refractivity contribution in [2.24, 2.45) is 0 Å². The maximum Gasteiger partial charge on any atom is 0.250 e. The fourth-order valence-corrected chi connectivity index (χ4v) is 2.69. The van der Waals surface area contributed by atoms with E-state index in [1.165, 1.54) is 0 Å². The number of hydrogen-bond acceptors (Lipinski definition) is 0. The highest BCUT2D eigenvalue weighted by molar-refractivity contribution is 6.80. The Balaban J connectivity index is 5.73. The molecule has 12 heteroatoms. The molecular weight excluding hydrogens is 466 g/mol. The Kier molecular flexibility index (Phi) is 6.80. The van der Waals surface area contributed by atoms with Crippen LogP contribution in [0.5, 0.6) is 0 Å². The molecule has 0 aliphatic heterocycles. The molecular formula is C5Cl11O. The molecule has 0 N–H and O–H groups in total. The molecule has 0 amide bonds. The van der Waals surface area contributed by atoms with Crippen LogP contribution in [0.2, 0.25) is 0 Å². The van der Waals surface area contributed by atoms with Gasteiger partial charge >= 0.3 is 0 Å². The molecule has 0 bridgehead atoms. The quantitative estimate of drug-likeness (QED) is 0.418. The van der Waals surface area contributed by atoms with Crippen LogP contribution in [-0.4, -0.2) is 21.3 Å². The second-order valence-electron chi connectivity index (χ2n) is 2.74.